The second-order valence-corrected chi connectivity index (χ2v) is 18.8. The summed E-state index contributed by atoms with van der Waals surface area (Å²) in [6, 6.07) is 0. The maximum absolute atomic E-state index is 12.6. The molecule has 0 bridgehead atoms. The zero-order valence-electron chi connectivity index (χ0n) is 39.9. The van der Waals surface area contributed by atoms with Crippen LogP contribution in [-0.2, 0) is 32.7 Å². The number of hydrogen-bond donors (Lipinski definition) is 2. The van der Waals surface area contributed by atoms with E-state index in [4.69, 9.17) is 24.3 Å². The van der Waals surface area contributed by atoms with Gasteiger partial charge in [0.25, 0.3) is 0 Å². The van der Waals surface area contributed by atoms with Gasteiger partial charge in [0.2, 0.25) is 0 Å². The van der Waals surface area contributed by atoms with Crippen LogP contribution < -0.4 is 5.73 Å². The van der Waals surface area contributed by atoms with Crippen LogP contribution in [0.3, 0.4) is 0 Å². The van der Waals surface area contributed by atoms with Gasteiger partial charge >= 0.3 is 19.8 Å². The molecule has 0 spiro atoms. The number of phosphoric ester groups is 1. The van der Waals surface area contributed by atoms with E-state index in [1.807, 2.05) is 0 Å². The fraction of sp³-hybridized carbons (Fsp3) is 0.882. The Morgan fingerprint density at radius 2 is 0.803 bits per heavy atom. The number of allylic oxidation sites excluding steroid dienone is 4. The minimum absolute atomic E-state index is 0.0546. The summed E-state index contributed by atoms with van der Waals surface area (Å²) in [7, 11) is -4.38. The highest BCUT2D eigenvalue weighted by molar-refractivity contribution is 7.47. The lowest BCUT2D eigenvalue weighted by molar-refractivity contribution is -0.161. The van der Waals surface area contributed by atoms with Crippen LogP contribution in [0.5, 0.6) is 0 Å². The van der Waals surface area contributed by atoms with E-state index >= 15 is 0 Å². The minimum Gasteiger partial charge on any atom is -0.462 e. The van der Waals surface area contributed by atoms with Gasteiger partial charge < -0.3 is 20.1 Å². The van der Waals surface area contributed by atoms with Gasteiger partial charge in [-0.3, -0.25) is 18.6 Å². The summed E-state index contributed by atoms with van der Waals surface area (Å²) in [5, 5.41) is 0. The summed E-state index contributed by atoms with van der Waals surface area (Å²) in [6.45, 7) is 3.77. The highest BCUT2D eigenvalue weighted by Gasteiger charge is 2.26. The first-order valence-corrected chi connectivity index (χ1v) is 27.3. The predicted octanol–water partition coefficient (Wildman–Crippen LogP) is 15.5. The molecule has 0 heterocycles. The summed E-state index contributed by atoms with van der Waals surface area (Å²) in [4.78, 5) is 35.1. The predicted molar refractivity (Wildman–Crippen MR) is 257 cm³/mol. The van der Waals surface area contributed by atoms with Gasteiger partial charge in [-0.2, -0.15) is 0 Å². The van der Waals surface area contributed by atoms with Crippen molar-refractivity contribution in [3.63, 3.8) is 0 Å². The molecule has 0 radical (unpaired) electrons. The molecule has 0 saturated carbocycles. The summed E-state index contributed by atoms with van der Waals surface area (Å²) in [6.07, 6.45) is 53.5. The average Bonchev–Trinajstić information content (AvgIpc) is 3.25. The Balaban J connectivity index is 4.02. The Kier molecular flexibility index (Phi) is 46.8. The monoisotopic (exact) mass is 884 g/mol. The standard InChI is InChI=1S/C51H98NO8P/c1-3-5-7-9-11-13-15-17-19-21-23-24-26-27-29-31-33-35-37-39-41-43-50(53)57-47-49(48-59-61(55,56)58-46-45-52)60-51(54)44-42-40-38-36-34-32-30-28-25-22-20-18-16-14-12-10-8-6-4-2/h17-20,49H,3-16,21-48,52H2,1-2H3,(H,55,56). The molecule has 0 aromatic rings. The van der Waals surface area contributed by atoms with Crippen molar-refractivity contribution in [1.29, 1.82) is 0 Å². The van der Waals surface area contributed by atoms with E-state index in [0.717, 1.165) is 38.5 Å². The highest BCUT2D eigenvalue weighted by atomic mass is 31.2. The molecule has 9 nitrogen and oxygen atoms in total. The SMILES string of the molecule is CCCCCCCCC=CCCCCCCCCCCCCCC(=O)OCC(COP(=O)(O)OCCN)OC(=O)CCCCCCCCCCCC=CCCCCCCCC. The topological polar surface area (TPSA) is 134 Å². The summed E-state index contributed by atoms with van der Waals surface area (Å²) < 4.78 is 32.9. The normalized spacial score (nSPS) is 13.3. The zero-order valence-corrected chi connectivity index (χ0v) is 40.8. The Morgan fingerprint density at radius 1 is 0.475 bits per heavy atom. The molecule has 0 aliphatic heterocycles. The molecule has 2 atom stereocenters. The second kappa shape index (κ2) is 48.0. The third kappa shape index (κ3) is 47.8. The number of unbranched alkanes of at least 4 members (excludes halogenated alkanes) is 32. The van der Waals surface area contributed by atoms with Crippen molar-refractivity contribution in [3.05, 3.63) is 24.3 Å². The fourth-order valence-corrected chi connectivity index (χ4v) is 8.21. The van der Waals surface area contributed by atoms with Gasteiger partial charge in [-0.05, 0) is 64.2 Å². The average molecular weight is 884 g/mol. The van der Waals surface area contributed by atoms with Gasteiger partial charge in [-0.25, -0.2) is 4.57 Å². The lowest BCUT2D eigenvalue weighted by Gasteiger charge is -2.19. The quantitative estimate of drug-likeness (QED) is 0.0265. The first kappa shape index (κ1) is 59.5. The van der Waals surface area contributed by atoms with Crippen molar-refractivity contribution >= 4 is 19.8 Å². The molecular weight excluding hydrogens is 786 g/mol. The molecule has 0 saturated heterocycles. The summed E-state index contributed by atoms with van der Waals surface area (Å²) in [5.41, 5.74) is 5.37. The van der Waals surface area contributed by atoms with E-state index in [-0.39, 0.29) is 38.6 Å². The highest BCUT2D eigenvalue weighted by Crippen LogP contribution is 2.43. The van der Waals surface area contributed by atoms with E-state index in [1.54, 1.807) is 0 Å². The largest absolute Gasteiger partial charge is 0.472 e. The van der Waals surface area contributed by atoms with Crippen LogP contribution in [-0.4, -0.2) is 49.3 Å². The van der Waals surface area contributed by atoms with Crippen molar-refractivity contribution in [2.24, 2.45) is 5.73 Å². The summed E-state index contributed by atoms with van der Waals surface area (Å²) >= 11 is 0. The number of esters is 2. The first-order chi connectivity index (χ1) is 29.8. The molecule has 10 heteroatoms. The number of nitrogens with two attached hydrogens (primary N) is 1. The first-order valence-electron chi connectivity index (χ1n) is 25.8. The third-order valence-electron chi connectivity index (χ3n) is 11.3. The second-order valence-electron chi connectivity index (χ2n) is 17.4. The van der Waals surface area contributed by atoms with Crippen LogP contribution >= 0.6 is 7.82 Å². The molecule has 0 rings (SSSR count). The number of phosphoric acid groups is 1. The molecule has 0 aliphatic carbocycles. The fourth-order valence-electron chi connectivity index (χ4n) is 7.45. The molecule has 0 aromatic carbocycles. The van der Waals surface area contributed by atoms with Gasteiger partial charge in [0.15, 0.2) is 6.10 Å². The third-order valence-corrected chi connectivity index (χ3v) is 12.3. The Morgan fingerprint density at radius 3 is 1.16 bits per heavy atom. The Hall–Kier alpha value is -1.51. The van der Waals surface area contributed by atoms with Crippen LogP contribution in [0.1, 0.15) is 258 Å². The zero-order chi connectivity index (χ0) is 44.6. The van der Waals surface area contributed by atoms with E-state index in [0.29, 0.717) is 6.42 Å². The number of ether oxygens (including phenoxy) is 2. The van der Waals surface area contributed by atoms with Gasteiger partial charge in [-0.15, -0.1) is 0 Å². The molecule has 0 amide bonds. The molecule has 0 aromatic heterocycles. The Bertz CT molecular complexity index is 1050. The molecule has 3 N–H and O–H groups in total. The van der Waals surface area contributed by atoms with Crippen molar-refractivity contribution in [2.45, 2.75) is 264 Å². The lowest BCUT2D eigenvalue weighted by atomic mass is 10.0. The molecular formula is C51H98NO8P. The van der Waals surface area contributed by atoms with Crippen LogP contribution in [0.25, 0.3) is 0 Å². The van der Waals surface area contributed by atoms with Crippen LogP contribution in [0.15, 0.2) is 24.3 Å². The maximum atomic E-state index is 12.6. The number of rotatable bonds is 49. The smallest absolute Gasteiger partial charge is 0.462 e. The van der Waals surface area contributed by atoms with Crippen molar-refractivity contribution < 1.29 is 37.6 Å². The number of hydrogen-bond acceptors (Lipinski definition) is 8. The number of carbonyl (C=O) groups is 2. The molecule has 360 valence electrons. The molecule has 61 heavy (non-hydrogen) atoms. The van der Waals surface area contributed by atoms with Gasteiger partial charge in [0.05, 0.1) is 13.2 Å². The van der Waals surface area contributed by atoms with Gasteiger partial charge in [0.1, 0.15) is 6.61 Å². The molecule has 0 fully saturated rings. The Labute approximate surface area is 376 Å². The van der Waals surface area contributed by atoms with Gasteiger partial charge in [-0.1, -0.05) is 205 Å². The van der Waals surface area contributed by atoms with E-state index in [1.165, 1.54) is 186 Å². The van der Waals surface area contributed by atoms with Crippen LogP contribution in [0.4, 0.5) is 0 Å². The van der Waals surface area contributed by atoms with Crippen LogP contribution in [0.2, 0.25) is 0 Å². The van der Waals surface area contributed by atoms with Crippen LogP contribution in [0, 0.1) is 0 Å². The number of carbonyl (C=O) groups excluding carboxylic acids is 2. The van der Waals surface area contributed by atoms with Crippen molar-refractivity contribution in [1.82, 2.24) is 0 Å². The van der Waals surface area contributed by atoms with Crippen molar-refractivity contribution in [3.8, 4) is 0 Å². The van der Waals surface area contributed by atoms with E-state index < -0.39 is 26.5 Å². The van der Waals surface area contributed by atoms with Gasteiger partial charge in [0, 0.05) is 19.4 Å². The minimum atomic E-state index is -4.38. The lowest BCUT2D eigenvalue weighted by Crippen LogP contribution is -2.29. The van der Waals surface area contributed by atoms with Crippen molar-refractivity contribution in [2.75, 3.05) is 26.4 Å². The van der Waals surface area contributed by atoms with E-state index in [9.17, 15) is 19.0 Å². The summed E-state index contributed by atoms with van der Waals surface area (Å²) in [5.74, 6) is -0.820. The maximum Gasteiger partial charge on any atom is 0.472 e. The molecule has 0 aliphatic rings. The molecule has 2 unspecified atom stereocenters. The van der Waals surface area contributed by atoms with E-state index in [2.05, 4.69) is 38.2 Å².